The molecule has 0 saturated heterocycles. The zero-order valence-corrected chi connectivity index (χ0v) is 17.8. The molecule has 0 saturated carbocycles. The van der Waals surface area contributed by atoms with Gasteiger partial charge in [0.15, 0.2) is 5.96 Å². The van der Waals surface area contributed by atoms with Gasteiger partial charge >= 0.3 is 0 Å². The van der Waals surface area contributed by atoms with E-state index in [2.05, 4.69) is 46.2 Å². The van der Waals surface area contributed by atoms with Crippen molar-refractivity contribution in [1.82, 2.24) is 25.4 Å². The molecule has 2 N–H and O–H groups in total. The Balaban J connectivity index is 1.77. The summed E-state index contributed by atoms with van der Waals surface area (Å²) in [6, 6.07) is 0. The van der Waals surface area contributed by atoms with Gasteiger partial charge in [0.25, 0.3) is 0 Å². The highest BCUT2D eigenvalue weighted by atomic mass is 15.3. The average Bonchev–Trinajstić information content (AvgIpc) is 2.91. The molecule has 1 aromatic rings. The lowest BCUT2D eigenvalue weighted by Gasteiger charge is -2.15. The number of hydrogen-bond acceptors (Lipinski definition) is 3. The summed E-state index contributed by atoms with van der Waals surface area (Å²) in [6.45, 7) is 10.5. The molecule has 27 heavy (non-hydrogen) atoms. The lowest BCUT2D eigenvalue weighted by molar-refractivity contribution is 0.461. The van der Waals surface area contributed by atoms with E-state index in [1.165, 1.54) is 50.8 Å². The van der Waals surface area contributed by atoms with Crippen LogP contribution in [0.25, 0.3) is 0 Å². The Morgan fingerprint density at radius 2 is 2.00 bits per heavy atom. The minimum Gasteiger partial charge on any atom is -0.357 e. The van der Waals surface area contributed by atoms with Crippen LogP contribution < -0.4 is 10.6 Å². The first kappa shape index (κ1) is 21.7. The molecule has 154 valence electrons. The van der Waals surface area contributed by atoms with Crippen LogP contribution in [0.4, 0.5) is 0 Å². The minimum absolute atomic E-state index is 0.701. The summed E-state index contributed by atoms with van der Waals surface area (Å²) in [5.41, 5.74) is 0. The molecule has 2 rings (SSSR count). The van der Waals surface area contributed by atoms with Crippen molar-refractivity contribution in [3.8, 4) is 0 Å². The Labute approximate surface area is 165 Å². The van der Waals surface area contributed by atoms with Crippen molar-refractivity contribution >= 4 is 5.96 Å². The number of rotatable bonds is 11. The van der Waals surface area contributed by atoms with Crippen molar-refractivity contribution in [3.05, 3.63) is 11.6 Å². The fourth-order valence-electron chi connectivity index (χ4n) is 3.66. The van der Waals surface area contributed by atoms with Gasteiger partial charge in [0.2, 0.25) is 0 Å². The van der Waals surface area contributed by atoms with Gasteiger partial charge in [0.05, 0.1) is 0 Å². The predicted octanol–water partition coefficient (Wildman–Crippen LogP) is 3.71. The summed E-state index contributed by atoms with van der Waals surface area (Å²) in [5, 5.41) is 15.7. The van der Waals surface area contributed by atoms with E-state index in [1.54, 1.807) is 0 Å². The quantitative estimate of drug-likeness (QED) is 0.351. The van der Waals surface area contributed by atoms with Crippen molar-refractivity contribution in [3.63, 3.8) is 0 Å². The predicted molar refractivity (Wildman–Crippen MR) is 113 cm³/mol. The molecule has 0 fully saturated rings. The van der Waals surface area contributed by atoms with E-state index in [4.69, 9.17) is 4.99 Å². The van der Waals surface area contributed by atoms with Crippen LogP contribution in [0.5, 0.6) is 0 Å². The van der Waals surface area contributed by atoms with Crippen LogP contribution in [0.2, 0.25) is 0 Å². The Morgan fingerprint density at radius 1 is 1.11 bits per heavy atom. The Bertz CT molecular complexity index is 551. The third-order valence-electron chi connectivity index (χ3n) is 5.45. The molecule has 0 radical (unpaired) electrons. The number of guanidine groups is 1. The van der Waals surface area contributed by atoms with Gasteiger partial charge in [-0.3, -0.25) is 4.99 Å². The number of aliphatic imine (C=N–C) groups is 1. The number of nitrogens with one attached hydrogen (secondary N) is 2. The van der Waals surface area contributed by atoms with E-state index in [9.17, 15) is 0 Å². The van der Waals surface area contributed by atoms with Crippen LogP contribution in [0.1, 0.15) is 83.8 Å². The molecule has 0 aliphatic carbocycles. The molecular weight excluding hydrogens is 336 g/mol. The lowest BCUT2D eigenvalue weighted by atomic mass is 10.00. The molecule has 6 nitrogen and oxygen atoms in total. The van der Waals surface area contributed by atoms with E-state index < -0.39 is 0 Å². The van der Waals surface area contributed by atoms with Crippen molar-refractivity contribution in [2.24, 2.45) is 10.9 Å². The highest BCUT2D eigenvalue weighted by Gasteiger charge is 2.14. The van der Waals surface area contributed by atoms with E-state index in [1.807, 2.05) is 0 Å². The largest absolute Gasteiger partial charge is 0.357 e. The summed E-state index contributed by atoms with van der Waals surface area (Å²) in [7, 11) is 0. The Morgan fingerprint density at radius 3 is 2.78 bits per heavy atom. The number of nitrogens with zero attached hydrogens (tertiary/aromatic N) is 4. The van der Waals surface area contributed by atoms with E-state index >= 15 is 0 Å². The third kappa shape index (κ3) is 7.51. The van der Waals surface area contributed by atoms with Crippen molar-refractivity contribution < 1.29 is 0 Å². The summed E-state index contributed by atoms with van der Waals surface area (Å²) in [6.07, 6.45) is 12.0. The summed E-state index contributed by atoms with van der Waals surface area (Å²) in [4.78, 5) is 4.82. The maximum absolute atomic E-state index is 4.82. The summed E-state index contributed by atoms with van der Waals surface area (Å²) >= 11 is 0. The summed E-state index contributed by atoms with van der Waals surface area (Å²) in [5.74, 6) is 3.99. The van der Waals surface area contributed by atoms with Gasteiger partial charge in [-0.25, -0.2) is 0 Å². The van der Waals surface area contributed by atoms with Crippen molar-refractivity contribution in [1.29, 1.82) is 0 Å². The van der Waals surface area contributed by atoms with Crippen molar-refractivity contribution in [2.45, 2.75) is 91.5 Å². The van der Waals surface area contributed by atoms with Crippen LogP contribution in [-0.4, -0.2) is 40.4 Å². The van der Waals surface area contributed by atoms with Gasteiger partial charge < -0.3 is 15.2 Å². The fraction of sp³-hybridized carbons (Fsp3) is 0.857. The summed E-state index contributed by atoms with van der Waals surface area (Å²) < 4.78 is 2.35. The van der Waals surface area contributed by atoms with Gasteiger partial charge in [0.1, 0.15) is 11.6 Å². The second-order valence-corrected chi connectivity index (χ2v) is 7.66. The Kier molecular flexibility index (Phi) is 10.2. The molecule has 0 spiro atoms. The minimum atomic E-state index is 0.701. The molecule has 6 heteroatoms. The first-order chi connectivity index (χ1) is 13.3. The standard InChI is InChI=1S/C21H40N6/c1-4-7-12-18(5-2)17-24-21(22-6-3)23-15-11-14-20-26-25-19-13-9-8-10-16-27(19)20/h18H,4-17H2,1-3H3,(H2,22,23,24). The van der Waals surface area contributed by atoms with Crippen LogP contribution in [-0.2, 0) is 19.4 Å². The third-order valence-corrected chi connectivity index (χ3v) is 5.45. The molecule has 1 aliphatic heterocycles. The van der Waals surface area contributed by atoms with Gasteiger partial charge in [-0.15, -0.1) is 10.2 Å². The molecule has 0 aromatic carbocycles. The maximum Gasteiger partial charge on any atom is 0.191 e. The average molecular weight is 377 g/mol. The van der Waals surface area contributed by atoms with Gasteiger partial charge in [-0.1, -0.05) is 39.5 Å². The molecular formula is C21H40N6. The van der Waals surface area contributed by atoms with Gasteiger partial charge in [0, 0.05) is 39.0 Å². The molecule has 1 unspecified atom stereocenters. The SMILES string of the molecule is CCCCC(CC)CN=C(NCC)NCCCc1nnc2n1CCCCC2. The van der Waals surface area contributed by atoms with E-state index in [0.717, 1.165) is 57.2 Å². The van der Waals surface area contributed by atoms with Crippen LogP contribution in [0, 0.1) is 5.92 Å². The van der Waals surface area contributed by atoms with Crippen molar-refractivity contribution in [2.75, 3.05) is 19.6 Å². The normalized spacial score (nSPS) is 15.9. The smallest absolute Gasteiger partial charge is 0.191 e. The molecule has 1 aromatic heterocycles. The molecule has 0 bridgehead atoms. The van der Waals surface area contributed by atoms with Crippen LogP contribution >= 0.6 is 0 Å². The molecule has 1 aliphatic rings. The highest BCUT2D eigenvalue weighted by molar-refractivity contribution is 5.79. The van der Waals surface area contributed by atoms with E-state index in [-0.39, 0.29) is 0 Å². The van der Waals surface area contributed by atoms with Gasteiger partial charge in [-0.05, 0) is 38.5 Å². The second kappa shape index (κ2) is 12.7. The first-order valence-corrected chi connectivity index (χ1v) is 11.2. The van der Waals surface area contributed by atoms with Crippen LogP contribution in [0.3, 0.4) is 0 Å². The number of hydrogen-bond donors (Lipinski definition) is 2. The topological polar surface area (TPSA) is 67.1 Å². The Hall–Kier alpha value is -1.59. The first-order valence-electron chi connectivity index (χ1n) is 11.2. The molecule has 0 amide bonds. The maximum atomic E-state index is 4.82. The van der Waals surface area contributed by atoms with E-state index in [0.29, 0.717) is 5.92 Å². The number of fused-ring (bicyclic) bond motifs is 1. The number of aryl methyl sites for hydroxylation is 2. The number of aromatic nitrogens is 3. The number of unbranched alkanes of at least 4 members (excludes halogenated alkanes) is 1. The zero-order chi connectivity index (χ0) is 19.3. The lowest BCUT2D eigenvalue weighted by Crippen LogP contribution is -2.38. The van der Waals surface area contributed by atoms with Gasteiger partial charge in [-0.2, -0.15) is 0 Å². The molecule has 2 heterocycles. The zero-order valence-electron chi connectivity index (χ0n) is 17.8. The monoisotopic (exact) mass is 376 g/mol. The highest BCUT2D eigenvalue weighted by Crippen LogP contribution is 2.15. The molecule has 1 atom stereocenters. The second-order valence-electron chi connectivity index (χ2n) is 7.66. The van der Waals surface area contributed by atoms with Crippen LogP contribution in [0.15, 0.2) is 4.99 Å². The fourth-order valence-corrected chi connectivity index (χ4v) is 3.66.